The van der Waals surface area contributed by atoms with Crippen LogP contribution in [-0.2, 0) is 4.74 Å². The molecular formula is C16H25N3O2. The van der Waals surface area contributed by atoms with Crippen molar-refractivity contribution in [3.63, 3.8) is 0 Å². The normalized spacial score (nSPS) is 19.3. The quantitative estimate of drug-likeness (QED) is 0.844. The predicted molar refractivity (Wildman–Crippen MR) is 83.6 cm³/mol. The average Bonchev–Trinajstić information content (AvgIpc) is 2.98. The molecule has 1 amide bonds. The highest BCUT2D eigenvalue weighted by Gasteiger charge is 2.24. The third-order valence-corrected chi connectivity index (χ3v) is 3.80. The van der Waals surface area contributed by atoms with Crippen LogP contribution in [0.4, 0.5) is 5.82 Å². The second kappa shape index (κ2) is 7.41. The molecule has 1 fully saturated rings. The molecule has 1 aliphatic heterocycles. The highest BCUT2D eigenvalue weighted by atomic mass is 16.5. The lowest BCUT2D eigenvalue weighted by Crippen LogP contribution is -2.38. The topological polar surface area (TPSA) is 63.2 Å². The van der Waals surface area contributed by atoms with Crippen LogP contribution < -0.4 is 10.6 Å². The zero-order chi connectivity index (χ0) is 15.2. The number of hydrogen-bond acceptors (Lipinski definition) is 4. The van der Waals surface area contributed by atoms with Gasteiger partial charge in [0.2, 0.25) is 0 Å². The van der Waals surface area contributed by atoms with Gasteiger partial charge in [0.1, 0.15) is 5.82 Å². The summed E-state index contributed by atoms with van der Waals surface area (Å²) < 4.78 is 5.38. The molecule has 2 N–H and O–H groups in total. The lowest BCUT2D eigenvalue weighted by atomic mass is 10.0. The average molecular weight is 291 g/mol. The Balaban J connectivity index is 2.02. The number of pyridine rings is 1. The van der Waals surface area contributed by atoms with Crippen LogP contribution in [0.3, 0.4) is 0 Å². The van der Waals surface area contributed by atoms with E-state index in [-0.39, 0.29) is 11.9 Å². The fourth-order valence-corrected chi connectivity index (χ4v) is 2.50. The van der Waals surface area contributed by atoms with Crippen LogP contribution in [0.15, 0.2) is 12.1 Å². The Bertz CT molecular complexity index is 484. The van der Waals surface area contributed by atoms with Gasteiger partial charge in [0.25, 0.3) is 5.91 Å². The largest absolute Gasteiger partial charge is 0.381 e. The second-order valence-corrected chi connectivity index (χ2v) is 5.70. The molecule has 0 bridgehead atoms. The highest BCUT2D eigenvalue weighted by Crippen LogP contribution is 2.17. The van der Waals surface area contributed by atoms with E-state index in [0.717, 1.165) is 44.1 Å². The lowest BCUT2D eigenvalue weighted by Gasteiger charge is -2.19. The van der Waals surface area contributed by atoms with E-state index in [2.05, 4.69) is 22.5 Å². The standard InChI is InChI=1S/C16H25N3O2/c1-4-6-17-15-9-14(8-11(2)18-15)16(20)19-12(3)13-5-7-21-10-13/h8-9,12-13H,4-7,10H2,1-3H3,(H,17,18)(H,19,20). The first-order valence-electron chi connectivity index (χ1n) is 7.71. The van der Waals surface area contributed by atoms with Gasteiger partial charge in [-0.15, -0.1) is 0 Å². The first-order valence-corrected chi connectivity index (χ1v) is 7.71. The molecule has 0 saturated carbocycles. The summed E-state index contributed by atoms with van der Waals surface area (Å²) in [5.74, 6) is 1.13. The Morgan fingerprint density at radius 2 is 2.33 bits per heavy atom. The Kier molecular flexibility index (Phi) is 5.56. The Labute approximate surface area is 126 Å². The summed E-state index contributed by atoms with van der Waals surface area (Å²) in [6, 6.07) is 3.76. The molecular weight excluding hydrogens is 266 g/mol. The van der Waals surface area contributed by atoms with Crippen molar-refractivity contribution in [3.05, 3.63) is 23.4 Å². The van der Waals surface area contributed by atoms with Crippen LogP contribution in [0.1, 0.15) is 42.7 Å². The first-order chi connectivity index (χ1) is 10.1. The van der Waals surface area contributed by atoms with E-state index in [1.807, 2.05) is 26.0 Å². The van der Waals surface area contributed by atoms with E-state index in [1.165, 1.54) is 0 Å². The number of anilines is 1. The van der Waals surface area contributed by atoms with Crippen molar-refractivity contribution >= 4 is 11.7 Å². The van der Waals surface area contributed by atoms with Gasteiger partial charge in [-0.1, -0.05) is 6.92 Å². The summed E-state index contributed by atoms with van der Waals surface area (Å²) in [6.45, 7) is 8.43. The Hall–Kier alpha value is -1.62. The smallest absolute Gasteiger partial charge is 0.251 e. The molecule has 0 radical (unpaired) electrons. The maximum Gasteiger partial charge on any atom is 0.251 e. The summed E-state index contributed by atoms with van der Waals surface area (Å²) in [5.41, 5.74) is 1.50. The van der Waals surface area contributed by atoms with Crippen LogP contribution >= 0.6 is 0 Å². The summed E-state index contributed by atoms with van der Waals surface area (Å²) in [5, 5.41) is 6.30. The van der Waals surface area contributed by atoms with E-state index < -0.39 is 0 Å². The molecule has 116 valence electrons. The molecule has 0 spiro atoms. The van der Waals surface area contributed by atoms with Crippen LogP contribution in [-0.4, -0.2) is 36.7 Å². The summed E-state index contributed by atoms with van der Waals surface area (Å²) in [4.78, 5) is 16.8. The monoisotopic (exact) mass is 291 g/mol. The van der Waals surface area contributed by atoms with Crippen LogP contribution in [0.5, 0.6) is 0 Å². The van der Waals surface area contributed by atoms with Crippen molar-refractivity contribution in [1.82, 2.24) is 10.3 Å². The molecule has 2 rings (SSSR count). The van der Waals surface area contributed by atoms with Crippen molar-refractivity contribution in [3.8, 4) is 0 Å². The maximum absolute atomic E-state index is 12.4. The third kappa shape index (κ3) is 4.43. The van der Waals surface area contributed by atoms with Gasteiger partial charge in [-0.25, -0.2) is 4.98 Å². The van der Waals surface area contributed by atoms with Gasteiger partial charge < -0.3 is 15.4 Å². The van der Waals surface area contributed by atoms with Crippen molar-refractivity contribution in [2.45, 2.75) is 39.7 Å². The summed E-state index contributed by atoms with van der Waals surface area (Å²) in [6.07, 6.45) is 2.04. The molecule has 2 unspecified atom stereocenters. The number of ether oxygens (including phenoxy) is 1. The van der Waals surface area contributed by atoms with Crippen molar-refractivity contribution in [1.29, 1.82) is 0 Å². The minimum Gasteiger partial charge on any atom is -0.381 e. The number of aryl methyl sites for hydroxylation is 1. The minimum atomic E-state index is -0.0422. The molecule has 2 atom stereocenters. The number of amides is 1. The van der Waals surface area contributed by atoms with Crippen molar-refractivity contribution in [2.24, 2.45) is 5.92 Å². The number of aromatic nitrogens is 1. The van der Waals surface area contributed by atoms with Crippen LogP contribution in [0.2, 0.25) is 0 Å². The van der Waals surface area contributed by atoms with E-state index in [4.69, 9.17) is 4.74 Å². The van der Waals surface area contributed by atoms with Gasteiger partial charge in [0, 0.05) is 36.4 Å². The first kappa shape index (κ1) is 15.8. The number of carbonyl (C=O) groups excluding carboxylic acids is 1. The van der Waals surface area contributed by atoms with E-state index in [9.17, 15) is 4.79 Å². The van der Waals surface area contributed by atoms with Crippen LogP contribution in [0.25, 0.3) is 0 Å². The molecule has 0 aromatic carbocycles. The SMILES string of the molecule is CCCNc1cc(C(=O)NC(C)C2CCOC2)cc(C)n1. The number of carbonyl (C=O) groups is 1. The fourth-order valence-electron chi connectivity index (χ4n) is 2.50. The van der Waals surface area contributed by atoms with E-state index >= 15 is 0 Å². The summed E-state index contributed by atoms with van der Waals surface area (Å²) in [7, 11) is 0. The van der Waals surface area contributed by atoms with Gasteiger partial charge in [0.05, 0.1) is 6.61 Å². The number of rotatable bonds is 6. The zero-order valence-corrected chi connectivity index (χ0v) is 13.1. The number of nitrogens with zero attached hydrogens (tertiary/aromatic N) is 1. The molecule has 5 nitrogen and oxygen atoms in total. The molecule has 1 aromatic heterocycles. The third-order valence-electron chi connectivity index (χ3n) is 3.80. The van der Waals surface area contributed by atoms with Gasteiger partial charge in [-0.2, -0.15) is 0 Å². The maximum atomic E-state index is 12.4. The van der Waals surface area contributed by atoms with Gasteiger partial charge in [0.15, 0.2) is 0 Å². The van der Waals surface area contributed by atoms with Gasteiger partial charge in [-0.3, -0.25) is 4.79 Å². The lowest BCUT2D eigenvalue weighted by molar-refractivity contribution is 0.0922. The van der Waals surface area contributed by atoms with Gasteiger partial charge in [-0.05, 0) is 38.8 Å². The molecule has 5 heteroatoms. The Morgan fingerprint density at radius 3 is 3.00 bits per heavy atom. The summed E-state index contributed by atoms with van der Waals surface area (Å²) >= 11 is 0. The number of hydrogen-bond donors (Lipinski definition) is 2. The Morgan fingerprint density at radius 1 is 1.52 bits per heavy atom. The van der Waals surface area contributed by atoms with E-state index in [1.54, 1.807) is 0 Å². The fraction of sp³-hybridized carbons (Fsp3) is 0.625. The molecule has 1 saturated heterocycles. The van der Waals surface area contributed by atoms with E-state index in [0.29, 0.717) is 11.5 Å². The van der Waals surface area contributed by atoms with Crippen LogP contribution in [0, 0.1) is 12.8 Å². The second-order valence-electron chi connectivity index (χ2n) is 5.70. The highest BCUT2D eigenvalue weighted by molar-refractivity contribution is 5.95. The van der Waals surface area contributed by atoms with Crippen molar-refractivity contribution in [2.75, 3.05) is 25.1 Å². The molecule has 2 heterocycles. The molecule has 1 aromatic rings. The molecule has 21 heavy (non-hydrogen) atoms. The minimum absolute atomic E-state index is 0.0422. The van der Waals surface area contributed by atoms with Gasteiger partial charge >= 0.3 is 0 Å². The zero-order valence-electron chi connectivity index (χ0n) is 13.1. The molecule has 1 aliphatic rings. The number of nitrogens with one attached hydrogen (secondary N) is 2. The van der Waals surface area contributed by atoms with Crippen molar-refractivity contribution < 1.29 is 9.53 Å². The molecule has 0 aliphatic carbocycles. The predicted octanol–water partition coefficient (Wildman–Crippen LogP) is 2.37.